The Morgan fingerprint density at radius 3 is 2.42 bits per heavy atom. The highest BCUT2D eigenvalue weighted by molar-refractivity contribution is 5.13. The van der Waals surface area contributed by atoms with Crippen LogP contribution in [-0.2, 0) is 11.3 Å². The summed E-state index contributed by atoms with van der Waals surface area (Å²) in [6.45, 7) is 13.3. The second kappa shape index (κ2) is 7.65. The van der Waals surface area contributed by atoms with E-state index in [1.807, 2.05) is 6.20 Å². The molecule has 0 saturated heterocycles. The molecule has 0 aliphatic carbocycles. The lowest BCUT2D eigenvalue weighted by atomic mass is 9.85. The number of nitrogens with zero attached hydrogens (tertiary/aromatic N) is 2. The highest BCUT2D eigenvalue weighted by Crippen LogP contribution is 2.35. The van der Waals surface area contributed by atoms with Crippen LogP contribution in [-0.4, -0.2) is 28.5 Å². The summed E-state index contributed by atoms with van der Waals surface area (Å²) in [5.41, 5.74) is 1.07. The fourth-order valence-corrected chi connectivity index (χ4v) is 2.85. The van der Waals surface area contributed by atoms with Crippen molar-refractivity contribution >= 4 is 0 Å². The summed E-state index contributed by atoms with van der Waals surface area (Å²) in [5, 5.41) is 8.00. The van der Waals surface area contributed by atoms with Crippen molar-refractivity contribution in [1.82, 2.24) is 15.1 Å². The van der Waals surface area contributed by atoms with E-state index in [2.05, 4.69) is 55.8 Å². The number of rotatable bonds is 9. The molecule has 0 aliphatic rings. The molecule has 4 nitrogen and oxygen atoms in total. The average Bonchev–Trinajstić information content (AvgIpc) is 2.90. The summed E-state index contributed by atoms with van der Waals surface area (Å²) in [7, 11) is 0. The SMILES string of the molecule is CCNC(c1ccnn1CC)C(CC)(CC)OCC. The molecule has 0 aliphatic heterocycles. The Bertz CT molecular complexity index is 358. The van der Waals surface area contributed by atoms with Gasteiger partial charge in [0.05, 0.1) is 17.3 Å². The van der Waals surface area contributed by atoms with Crippen LogP contribution in [0.4, 0.5) is 0 Å². The van der Waals surface area contributed by atoms with Crippen LogP contribution < -0.4 is 5.32 Å². The topological polar surface area (TPSA) is 39.1 Å². The minimum Gasteiger partial charge on any atom is -0.373 e. The molecule has 4 heteroatoms. The van der Waals surface area contributed by atoms with Gasteiger partial charge in [0.1, 0.15) is 0 Å². The molecule has 1 atom stereocenters. The maximum Gasteiger partial charge on any atom is 0.0886 e. The van der Waals surface area contributed by atoms with E-state index in [4.69, 9.17) is 4.74 Å². The van der Waals surface area contributed by atoms with Crippen LogP contribution >= 0.6 is 0 Å². The van der Waals surface area contributed by atoms with Crippen LogP contribution in [0.15, 0.2) is 12.3 Å². The molecule has 0 amide bonds. The summed E-state index contributed by atoms with van der Waals surface area (Å²) in [5.74, 6) is 0. The molecular weight excluding hydrogens is 238 g/mol. The second-order valence-corrected chi connectivity index (χ2v) is 4.77. The van der Waals surface area contributed by atoms with E-state index in [9.17, 15) is 0 Å². The largest absolute Gasteiger partial charge is 0.373 e. The first-order valence-corrected chi connectivity index (χ1v) is 7.58. The summed E-state index contributed by atoms with van der Waals surface area (Å²) in [4.78, 5) is 0. The Labute approximate surface area is 117 Å². The van der Waals surface area contributed by atoms with Crippen LogP contribution in [0.3, 0.4) is 0 Å². The molecule has 0 spiro atoms. The first-order chi connectivity index (χ1) is 9.18. The second-order valence-electron chi connectivity index (χ2n) is 4.77. The number of likely N-dealkylation sites (N-methyl/N-ethyl adjacent to an activating group) is 1. The summed E-state index contributed by atoms with van der Waals surface area (Å²) < 4.78 is 8.22. The molecule has 0 fully saturated rings. The summed E-state index contributed by atoms with van der Waals surface area (Å²) >= 11 is 0. The van der Waals surface area contributed by atoms with Crippen molar-refractivity contribution in [3.05, 3.63) is 18.0 Å². The highest BCUT2D eigenvalue weighted by Gasteiger charge is 2.38. The number of nitrogens with one attached hydrogen (secondary N) is 1. The smallest absolute Gasteiger partial charge is 0.0886 e. The maximum atomic E-state index is 6.16. The van der Waals surface area contributed by atoms with E-state index in [0.29, 0.717) is 0 Å². The van der Waals surface area contributed by atoms with Gasteiger partial charge >= 0.3 is 0 Å². The van der Waals surface area contributed by atoms with Gasteiger partial charge < -0.3 is 10.1 Å². The van der Waals surface area contributed by atoms with Gasteiger partial charge in [0.15, 0.2) is 0 Å². The molecule has 1 aromatic heterocycles. The molecule has 110 valence electrons. The van der Waals surface area contributed by atoms with Gasteiger partial charge in [-0.1, -0.05) is 20.8 Å². The Morgan fingerprint density at radius 2 is 1.95 bits per heavy atom. The number of aryl methyl sites for hydroxylation is 1. The molecule has 1 heterocycles. The van der Waals surface area contributed by atoms with Crippen LogP contribution in [0, 0.1) is 0 Å². The van der Waals surface area contributed by atoms with Crippen molar-refractivity contribution < 1.29 is 4.74 Å². The number of ether oxygens (including phenoxy) is 1. The van der Waals surface area contributed by atoms with E-state index in [0.717, 1.165) is 32.5 Å². The Morgan fingerprint density at radius 1 is 1.26 bits per heavy atom. The van der Waals surface area contributed by atoms with E-state index in [-0.39, 0.29) is 11.6 Å². The van der Waals surface area contributed by atoms with Gasteiger partial charge in [0.2, 0.25) is 0 Å². The van der Waals surface area contributed by atoms with Gasteiger partial charge in [-0.3, -0.25) is 4.68 Å². The molecule has 1 aromatic rings. The molecule has 0 saturated carbocycles. The standard InChI is InChI=1S/C15H29N3O/c1-6-15(7-2,19-10-5)14(16-8-3)13-11-12-17-18(13)9-4/h11-12,14,16H,6-10H2,1-5H3. The van der Waals surface area contributed by atoms with Gasteiger partial charge in [-0.05, 0) is 39.3 Å². The Hall–Kier alpha value is -0.870. The quantitative estimate of drug-likeness (QED) is 0.747. The summed E-state index contributed by atoms with van der Waals surface area (Å²) in [6.07, 6.45) is 3.86. The van der Waals surface area contributed by atoms with Gasteiger partial charge in [0, 0.05) is 19.3 Å². The minimum absolute atomic E-state index is 0.155. The fourth-order valence-electron chi connectivity index (χ4n) is 2.85. The lowest BCUT2D eigenvalue weighted by Gasteiger charge is -2.40. The zero-order valence-electron chi connectivity index (χ0n) is 13.1. The third kappa shape index (κ3) is 3.37. The van der Waals surface area contributed by atoms with Gasteiger partial charge in [0.25, 0.3) is 0 Å². The minimum atomic E-state index is -0.155. The molecule has 0 aromatic carbocycles. The number of hydrogen-bond acceptors (Lipinski definition) is 3. The van der Waals surface area contributed by atoms with E-state index in [1.54, 1.807) is 0 Å². The van der Waals surface area contributed by atoms with Gasteiger partial charge in [-0.15, -0.1) is 0 Å². The van der Waals surface area contributed by atoms with Crippen LogP contribution in [0.2, 0.25) is 0 Å². The third-order valence-electron chi connectivity index (χ3n) is 3.91. The fraction of sp³-hybridized carbons (Fsp3) is 0.800. The number of hydrogen-bond donors (Lipinski definition) is 1. The zero-order valence-corrected chi connectivity index (χ0v) is 13.1. The van der Waals surface area contributed by atoms with Crippen molar-refractivity contribution in [2.24, 2.45) is 0 Å². The van der Waals surface area contributed by atoms with Crippen molar-refractivity contribution in [2.75, 3.05) is 13.2 Å². The molecule has 1 N–H and O–H groups in total. The lowest BCUT2D eigenvalue weighted by molar-refractivity contribution is -0.0747. The van der Waals surface area contributed by atoms with Gasteiger partial charge in [-0.25, -0.2) is 0 Å². The molecule has 0 bridgehead atoms. The van der Waals surface area contributed by atoms with Crippen LogP contribution in [0.1, 0.15) is 59.2 Å². The van der Waals surface area contributed by atoms with Crippen molar-refractivity contribution in [1.29, 1.82) is 0 Å². The lowest BCUT2D eigenvalue weighted by Crippen LogP contribution is -2.46. The first kappa shape index (κ1) is 16.2. The molecule has 0 radical (unpaired) electrons. The van der Waals surface area contributed by atoms with E-state index >= 15 is 0 Å². The number of aromatic nitrogens is 2. The predicted molar refractivity (Wildman–Crippen MR) is 79.3 cm³/mol. The zero-order chi connectivity index (χ0) is 14.3. The van der Waals surface area contributed by atoms with Crippen LogP contribution in [0.5, 0.6) is 0 Å². The van der Waals surface area contributed by atoms with E-state index < -0.39 is 0 Å². The predicted octanol–water partition coefficient (Wildman–Crippen LogP) is 3.15. The molecular formula is C15H29N3O. The highest BCUT2D eigenvalue weighted by atomic mass is 16.5. The third-order valence-corrected chi connectivity index (χ3v) is 3.91. The summed E-state index contributed by atoms with van der Waals surface area (Å²) in [6, 6.07) is 2.30. The van der Waals surface area contributed by atoms with E-state index in [1.165, 1.54) is 5.69 Å². The Kier molecular flexibility index (Phi) is 6.52. The maximum absolute atomic E-state index is 6.16. The van der Waals surface area contributed by atoms with Crippen molar-refractivity contribution in [3.63, 3.8) is 0 Å². The molecule has 1 unspecified atom stereocenters. The first-order valence-electron chi connectivity index (χ1n) is 7.58. The Balaban J connectivity index is 3.16. The van der Waals surface area contributed by atoms with Crippen molar-refractivity contribution in [3.8, 4) is 0 Å². The monoisotopic (exact) mass is 267 g/mol. The normalized spacial score (nSPS) is 13.7. The van der Waals surface area contributed by atoms with Gasteiger partial charge in [-0.2, -0.15) is 5.10 Å². The van der Waals surface area contributed by atoms with Crippen LogP contribution in [0.25, 0.3) is 0 Å². The molecule has 1 rings (SSSR count). The van der Waals surface area contributed by atoms with Crippen molar-refractivity contribution in [2.45, 2.75) is 65.6 Å². The average molecular weight is 267 g/mol. The molecule has 19 heavy (non-hydrogen) atoms.